The molecule has 36 heavy (non-hydrogen) atoms. The Morgan fingerprint density at radius 3 is 2.25 bits per heavy atom. The maximum Gasteiger partial charge on any atom is 0.161 e. The highest BCUT2D eigenvalue weighted by Crippen LogP contribution is 2.41. The molecule has 3 atom stereocenters. The Kier molecular flexibility index (Phi) is 6.76. The lowest BCUT2D eigenvalue weighted by atomic mass is 9.79. The third-order valence-electron chi connectivity index (χ3n) is 9.83. The summed E-state index contributed by atoms with van der Waals surface area (Å²) in [6, 6.07) is 9.31. The maximum atomic E-state index is 5.51. The van der Waals surface area contributed by atoms with Crippen molar-refractivity contribution in [2.75, 3.05) is 27.3 Å². The highest BCUT2D eigenvalue weighted by Gasteiger charge is 2.44. The van der Waals surface area contributed by atoms with Gasteiger partial charge in [-0.3, -0.25) is 4.90 Å². The van der Waals surface area contributed by atoms with Crippen LogP contribution in [0.2, 0.25) is 0 Å². The summed E-state index contributed by atoms with van der Waals surface area (Å²) < 4.78 is 13.4. The molecular weight excluding hydrogens is 448 g/mol. The van der Waals surface area contributed by atoms with Crippen LogP contribution in [0, 0.1) is 11.8 Å². The first kappa shape index (κ1) is 24.3. The molecule has 0 amide bonds. The molecule has 2 aromatic rings. The van der Waals surface area contributed by atoms with E-state index < -0.39 is 0 Å². The molecule has 1 aromatic heterocycles. The lowest BCUT2D eigenvalue weighted by molar-refractivity contribution is 0.0181. The Morgan fingerprint density at radius 2 is 1.58 bits per heavy atom. The Morgan fingerprint density at radius 1 is 0.861 bits per heavy atom. The van der Waals surface area contributed by atoms with Crippen molar-refractivity contribution in [3.8, 4) is 22.8 Å². The van der Waals surface area contributed by atoms with Crippen LogP contribution in [0.3, 0.4) is 0 Å². The molecule has 0 saturated carbocycles. The van der Waals surface area contributed by atoms with Crippen LogP contribution in [0.1, 0.15) is 64.6 Å². The highest BCUT2D eigenvalue weighted by atomic mass is 16.5. The van der Waals surface area contributed by atoms with E-state index in [0.29, 0.717) is 6.04 Å². The number of aryl methyl sites for hydroxylation is 1. The first-order valence-electron chi connectivity index (χ1n) is 14.3. The second-order valence-electron chi connectivity index (χ2n) is 12.0. The van der Waals surface area contributed by atoms with E-state index in [2.05, 4.69) is 40.5 Å². The van der Waals surface area contributed by atoms with E-state index in [1.807, 2.05) is 12.1 Å². The topological polar surface area (TPSA) is 42.8 Å². The Hall–Kier alpha value is -2.05. The zero-order chi connectivity index (χ0) is 24.8. The normalized spacial score (nSPS) is 29.5. The van der Waals surface area contributed by atoms with Crippen LogP contribution in [0.25, 0.3) is 11.3 Å². The maximum absolute atomic E-state index is 5.51. The van der Waals surface area contributed by atoms with Gasteiger partial charge >= 0.3 is 0 Å². The second kappa shape index (κ2) is 10.0. The van der Waals surface area contributed by atoms with Crippen LogP contribution >= 0.6 is 0 Å². The number of hydrogen-bond donors (Lipinski definition) is 0. The molecule has 0 spiro atoms. The molecule has 3 fully saturated rings. The van der Waals surface area contributed by atoms with E-state index >= 15 is 0 Å². The van der Waals surface area contributed by atoms with Gasteiger partial charge in [-0.25, -0.2) is 4.98 Å². The molecule has 6 heteroatoms. The van der Waals surface area contributed by atoms with Crippen molar-refractivity contribution in [2.24, 2.45) is 11.8 Å². The molecule has 2 bridgehead atoms. The quantitative estimate of drug-likeness (QED) is 0.551. The molecule has 6 nitrogen and oxygen atoms in total. The van der Waals surface area contributed by atoms with Crippen LogP contribution < -0.4 is 9.47 Å². The smallest absolute Gasteiger partial charge is 0.161 e. The number of aromatic nitrogens is 2. The van der Waals surface area contributed by atoms with Crippen molar-refractivity contribution in [3.63, 3.8) is 0 Å². The zero-order valence-electron chi connectivity index (χ0n) is 22.7. The Balaban J connectivity index is 1.06. The fraction of sp³-hybridized carbons (Fsp3) is 0.700. The molecule has 0 N–H and O–H groups in total. The number of piperidine rings is 2. The minimum absolute atomic E-state index is 0.709. The largest absolute Gasteiger partial charge is 0.493 e. The number of nitrogens with zero attached hydrogens (tertiary/aromatic N) is 4. The van der Waals surface area contributed by atoms with Gasteiger partial charge in [-0.1, -0.05) is 0 Å². The summed E-state index contributed by atoms with van der Waals surface area (Å²) in [5.41, 5.74) is 2.14. The van der Waals surface area contributed by atoms with Crippen LogP contribution in [0.4, 0.5) is 0 Å². The van der Waals surface area contributed by atoms with Crippen LogP contribution in [0.5, 0.6) is 11.5 Å². The third kappa shape index (κ3) is 4.45. The summed E-state index contributed by atoms with van der Waals surface area (Å²) in [5.74, 6) is 4.39. The summed E-state index contributed by atoms with van der Waals surface area (Å²) >= 11 is 0. The van der Waals surface area contributed by atoms with E-state index in [0.717, 1.165) is 65.7 Å². The molecule has 1 aromatic carbocycles. The summed E-state index contributed by atoms with van der Waals surface area (Å²) in [7, 11) is 3.37. The molecule has 196 valence electrons. The van der Waals surface area contributed by atoms with Crippen LogP contribution in [-0.4, -0.2) is 70.8 Å². The number of ether oxygens (including phenoxy) is 2. The van der Waals surface area contributed by atoms with Gasteiger partial charge < -0.3 is 18.9 Å². The Bertz CT molecular complexity index is 1040. The summed E-state index contributed by atoms with van der Waals surface area (Å²) in [5, 5.41) is 0. The minimum Gasteiger partial charge on any atom is -0.493 e. The summed E-state index contributed by atoms with van der Waals surface area (Å²) in [4.78, 5) is 10.7. The molecule has 4 aliphatic heterocycles. The van der Waals surface area contributed by atoms with Gasteiger partial charge in [0.25, 0.3) is 0 Å². The lowest BCUT2D eigenvalue weighted by Crippen LogP contribution is -2.54. The van der Waals surface area contributed by atoms with Gasteiger partial charge in [-0.15, -0.1) is 0 Å². The van der Waals surface area contributed by atoms with Gasteiger partial charge in [-0.2, -0.15) is 0 Å². The standard InChI is InChI=1S/C30H44N4O2/c1-20(2)34-24-7-8-25(34)17-26(16-24)32-13-11-21(12-14-32)23-6-10-30-31-27(19-33(30)18-23)22-5-9-28(35-3)29(15-22)36-4/h5,9,15,19-21,23-26H,6-8,10-14,16-18H2,1-4H3. The van der Waals surface area contributed by atoms with E-state index in [-0.39, 0.29) is 0 Å². The van der Waals surface area contributed by atoms with Crippen LogP contribution in [-0.2, 0) is 13.0 Å². The van der Waals surface area contributed by atoms with Gasteiger partial charge in [0.1, 0.15) is 5.82 Å². The van der Waals surface area contributed by atoms with Gasteiger partial charge in [0.15, 0.2) is 11.5 Å². The molecule has 4 aliphatic rings. The molecular formula is C30H44N4O2. The average Bonchev–Trinajstić information content (AvgIpc) is 3.46. The van der Waals surface area contributed by atoms with E-state index in [4.69, 9.17) is 14.5 Å². The minimum atomic E-state index is 0.709. The lowest BCUT2D eigenvalue weighted by Gasteiger charge is -2.47. The fourth-order valence-corrected chi connectivity index (χ4v) is 8.07. The molecule has 5 heterocycles. The zero-order valence-corrected chi connectivity index (χ0v) is 22.7. The molecule has 3 unspecified atom stereocenters. The molecule has 6 rings (SSSR count). The van der Waals surface area contributed by atoms with Crippen molar-refractivity contribution in [1.82, 2.24) is 19.4 Å². The van der Waals surface area contributed by atoms with Crippen molar-refractivity contribution < 1.29 is 9.47 Å². The van der Waals surface area contributed by atoms with Gasteiger partial charge in [0, 0.05) is 48.9 Å². The number of rotatable bonds is 6. The van der Waals surface area contributed by atoms with E-state index in [9.17, 15) is 0 Å². The van der Waals surface area contributed by atoms with E-state index in [1.54, 1.807) is 14.2 Å². The van der Waals surface area contributed by atoms with Gasteiger partial charge in [0.2, 0.25) is 0 Å². The monoisotopic (exact) mass is 492 g/mol. The predicted octanol–water partition coefficient (Wildman–Crippen LogP) is 5.25. The average molecular weight is 493 g/mol. The highest BCUT2D eigenvalue weighted by molar-refractivity contribution is 5.63. The number of likely N-dealkylation sites (tertiary alicyclic amines) is 1. The number of imidazole rings is 1. The second-order valence-corrected chi connectivity index (χ2v) is 12.0. The van der Waals surface area contributed by atoms with E-state index in [1.165, 1.54) is 63.9 Å². The van der Waals surface area contributed by atoms with Crippen molar-refractivity contribution in [1.29, 1.82) is 0 Å². The van der Waals surface area contributed by atoms with Crippen LogP contribution in [0.15, 0.2) is 24.4 Å². The SMILES string of the molecule is COc1ccc(-c2cn3c(n2)CCC(C2CCN(C4CC5CCC(C4)N5C(C)C)CC2)C3)cc1OC. The predicted molar refractivity (Wildman–Crippen MR) is 144 cm³/mol. The Labute approximate surface area is 217 Å². The van der Waals surface area contributed by atoms with Crippen molar-refractivity contribution in [2.45, 2.75) is 95.9 Å². The third-order valence-corrected chi connectivity index (χ3v) is 9.83. The molecule has 3 saturated heterocycles. The number of benzene rings is 1. The molecule has 0 radical (unpaired) electrons. The first-order valence-corrected chi connectivity index (χ1v) is 14.3. The molecule has 0 aliphatic carbocycles. The fourth-order valence-electron chi connectivity index (χ4n) is 8.07. The van der Waals surface area contributed by atoms with Crippen molar-refractivity contribution >= 4 is 0 Å². The number of hydrogen-bond acceptors (Lipinski definition) is 5. The number of methoxy groups -OCH3 is 2. The van der Waals surface area contributed by atoms with Gasteiger partial charge in [0.05, 0.1) is 19.9 Å². The number of fused-ring (bicyclic) bond motifs is 3. The van der Waals surface area contributed by atoms with Gasteiger partial charge in [-0.05, 0) is 102 Å². The summed E-state index contributed by atoms with van der Waals surface area (Å²) in [6.07, 6.45) is 13.0. The first-order chi connectivity index (χ1) is 17.5. The summed E-state index contributed by atoms with van der Waals surface area (Å²) in [6.45, 7) is 8.52. The van der Waals surface area contributed by atoms with Crippen molar-refractivity contribution in [3.05, 3.63) is 30.2 Å².